The van der Waals surface area contributed by atoms with Crippen molar-refractivity contribution in [1.29, 1.82) is 0 Å². The second-order valence-corrected chi connectivity index (χ2v) is 4.48. The van der Waals surface area contributed by atoms with Gasteiger partial charge in [0, 0.05) is 17.8 Å². The summed E-state index contributed by atoms with van der Waals surface area (Å²) in [5.41, 5.74) is 0.486. The minimum Gasteiger partial charge on any atom is -0.475 e. The van der Waals surface area contributed by atoms with Crippen LogP contribution in [0.25, 0.3) is 0 Å². The predicted molar refractivity (Wildman–Crippen MR) is 73.2 cm³/mol. The molecule has 0 radical (unpaired) electrons. The van der Waals surface area contributed by atoms with Crippen molar-refractivity contribution in [3.63, 3.8) is 0 Å². The fourth-order valence-electron chi connectivity index (χ4n) is 1.45. The minimum atomic E-state index is -0.225. The molecular weight excluding hydrogens is 244 g/mol. The summed E-state index contributed by atoms with van der Waals surface area (Å²) in [7, 11) is 0. The van der Waals surface area contributed by atoms with Crippen molar-refractivity contribution in [1.82, 2.24) is 10.3 Å². The third kappa shape index (κ3) is 4.87. The van der Waals surface area contributed by atoms with Crippen molar-refractivity contribution in [3.8, 4) is 5.88 Å². The average Bonchev–Trinajstić information content (AvgIpc) is 2.44. The summed E-state index contributed by atoms with van der Waals surface area (Å²) in [6.07, 6.45) is 3.17. The molecule has 106 valence electrons. The second-order valence-electron chi connectivity index (χ2n) is 4.48. The molecule has 1 amide bonds. The highest BCUT2D eigenvalue weighted by Crippen LogP contribution is 2.12. The third-order valence-corrected chi connectivity index (χ3v) is 2.94. The van der Waals surface area contributed by atoms with Gasteiger partial charge in [-0.2, -0.15) is 0 Å². The molecule has 1 heterocycles. The van der Waals surface area contributed by atoms with Gasteiger partial charge < -0.3 is 15.2 Å². The van der Waals surface area contributed by atoms with Crippen LogP contribution in [0, 0.1) is 0 Å². The number of pyridine rings is 1. The Balaban J connectivity index is 2.72. The van der Waals surface area contributed by atoms with E-state index >= 15 is 0 Å². The Morgan fingerprint density at radius 2 is 2.21 bits per heavy atom. The molecule has 0 fully saturated rings. The van der Waals surface area contributed by atoms with Crippen LogP contribution in [-0.2, 0) is 0 Å². The van der Waals surface area contributed by atoms with E-state index in [1.54, 1.807) is 18.3 Å². The number of hydrogen-bond acceptors (Lipinski definition) is 4. The number of amides is 1. The van der Waals surface area contributed by atoms with Gasteiger partial charge in [0.1, 0.15) is 0 Å². The van der Waals surface area contributed by atoms with Gasteiger partial charge in [0.15, 0.2) is 0 Å². The number of carbonyl (C=O) groups excluding carboxylic acids is 1. The first-order chi connectivity index (χ1) is 9.10. The molecule has 1 aromatic heterocycles. The lowest BCUT2D eigenvalue weighted by atomic mass is 10.2. The van der Waals surface area contributed by atoms with Crippen LogP contribution >= 0.6 is 0 Å². The van der Waals surface area contributed by atoms with E-state index in [9.17, 15) is 4.79 Å². The van der Waals surface area contributed by atoms with Crippen LogP contribution in [0.3, 0.4) is 0 Å². The van der Waals surface area contributed by atoms with E-state index in [1.165, 1.54) is 0 Å². The zero-order valence-electron chi connectivity index (χ0n) is 11.7. The Morgan fingerprint density at radius 3 is 2.79 bits per heavy atom. The molecule has 2 unspecified atom stereocenters. The number of aliphatic hydroxyl groups excluding tert-OH is 1. The van der Waals surface area contributed by atoms with E-state index in [0.717, 1.165) is 6.42 Å². The molecule has 1 aromatic rings. The van der Waals surface area contributed by atoms with E-state index in [1.807, 2.05) is 20.8 Å². The molecule has 0 saturated heterocycles. The zero-order valence-corrected chi connectivity index (χ0v) is 11.7. The maximum Gasteiger partial charge on any atom is 0.251 e. The summed E-state index contributed by atoms with van der Waals surface area (Å²) in [5, 5.41) is 11.8. The normalized spacial score (nSPS) is 13.7. The minimum absolute atomic E-state index is 0.0617. The lowest BCUT2D eigenvalue weighted by molar-refractivity contribution is 0.0914. The van der Waals surface area contributed by atoms with E-state index in [0.29, 0.717) is 17.9 Å². The Hall–Kier alpha value is -1.62. The molecule has 0 aromatic carbocycles. The SMILES string of the molecule is CCC(CO)NC(=O)c1ccnc(OC(C)CC)c1. The largest absolute Gasteiger partial charge is 0.475 e. The lowest BCUT2D eigenvalue weighted by Crippen LogP contribution is -2.36. The van der Waals surface area contributed by atoms with Gasteiger partial charge in [-0.3, -0.25) is 4.79 Å². The first kappa shape index (κ1) is 15.4. The Labute approximate surface area is 114 Å². The molecule has 0 spiro atoms. The fourth-order valence-corrected chi connectivity index (χ4v) is 1.45. The predicted octanol–water partition coefficient (Wildman–Crippen LogP) is 1.76. The van der Waals surface area contributed by atoms with Gasteiger partial charge in [-0.1, -0.05) is 13.8 Å². The van der Waals surface area contributed by atoms with Gasteiger partial charge in [-0.15, -0.1) is 0 Å². The molecule has 0 saturated carbocycles. The molecule has 1 rings (SSSR count). The highest BCUT2D eigenvalue weighted by molar-refractivity contribution is 5.94. The smallest absolute Gasteiger partial charge is 0.251 e. The molecule has 5 heteroatoms. The van der Waals surface area contributed by atoms with Gasteiger partial charge in [-0.25, -0.2) is 4.98 Å². The second kappa shape index (κ2) is 7.74. The average molecular weight is 266 g/mol. The number of nitrogens with one attached hydrogen (secondary N) is 1. The van der Waals surface area contributed by atoms with E-state index < -0.39 is 0 Å². The van der Waals surface area contributed by atoms with Crippen LogP contribution in [0.5, 0.6) is 5.88 Å². The Morgan fingerprint density at radius 1 is 1.47 bits per heavy atom. The van der Waals surface area contributed by atoms with Gasteiger partial charge in [0.05, 0.1) is 18.8 Å². The standard InChI is InChI=1S/C14H22N2O3/c1-4-10(3)19-13-8-11(6-7-15-13)14(18)16-12(5-2)9-17/h6-8,10,12,17H,4-5,9H2,1-3H3,(H,16,18). The van der Waals surface area contributed by atoms with Gasteiger partial charge >= 0.3 is 0 Å². The number of hydrogen-bond donors (Lipinski definition) is 2. The van der Waals surface area contributed by atoms with Gasteiger partial charge in [0.2, 0.25) is 5.88 Å². The van der Waals surface area contributed by atoms with Crippen molar-refractivity contribution >= 4 is 5.91 Å². The number of nitrogens with zero attached hydrogens (tertiary/aromatic N) is 1. The maximum atomic E-state index is 12.0. The van der Waals surface area contributed by atoms with Crippen LogP contribution < -0.4 is 10.1 Å². The first-order valence-electron chi connectivity index (χ1n) is 6.65. The molecule has 5 nitrogen and oxygen atoms in total. The number of aromatic nitrogens is 1. The quantitative estimate of drug-likeness (QED) is 0.789. The first-order valence-corrected chi connectivity index (χ1v) is 6.65. The fraction of sp³-hybridized carbons (Fsp3) is 0.571. The molecule has 0 aliphatic rings. The van der Waals surface area contributed by atoms with Crippen molar-refractivity contribution < 1.29 is 14.6 Å². The number of aliphatic hydroxyl groups is 1. The zero-order chi connectivity index (χ0) is 14.3. The molecule has 0 aliphatic carbocycles. The van der Waals surface area contributed by atoms with E-state index in [4.69, 9.17) is 9.84 Å². The number of carbonyl (C=O) groups is 1. The summed E-state index contributed by atoms with van der Waals surface area (Å²) < 4.78 is 5.57. The Bertz CT molecular complexity index is 405. The molecular formula is C14H22N2O3. The summed E-state index contributed by atoms with van der Waals surface area (Å²) >= 11 is 0. The molecule has 2 N–H and O–H groups in total. The van der Waals surface area contributed by atoms with Crippen molar-refractivity contribution in [3.05, 3.63) is 23.9 Å². The van der Waals surface area contributed by atoms with Gasteiger partial charge in [-0.05, 0) is 25.8 Å². The molecule has 0 bridgehead atoms. The third-order valence-electron chi connectivity index (χ3n) is 2.94. The van der Waals surface area contributed by atoms with E-state index in [-0.39, 0.29) is 24.7 Å². The van der Waals surface area contributed by atoms with Crippen molar-refractivity contribution in [2.24, 2.45) is 0 Å². The summed E-state index contributed by atoms with van der Waals surface area (Å²) in [4.78, 5) is 16.1. The van der Waals surface area contributed by atoms with Crippen LogP contribution in [-0.4, -0.2) is 34.8 Å². The topological polar surface area (TPSA) is 71.5 Å². The summed E-state index contributed by atoms with van der Waals surface area (Å²) in [5.74, 6) is 0.219. The summed E-state index contributed by atoms with van der Waals surface area (Å²) in [6.45, 7) is 5.82. The molecule has 19 heavy (non-hydrogen) atoms. The van der Waals surface area contributed by atoms with Crippen molar-refractivity contribution in [2.75, 3.05) is 6.61 Å². The lowest BCUT2D eigenvalue weighted by Gasteiger charge is -2.15. The monoisotopic (exact) mass is 266 g/mol. The highest BCUT2D eigenvalue weighted by Gasteiger charge is 2.12. The molecule has 2 atom stereocenters. The summed E-state index contributed by atoms with van der Waals surface area (Å²) in [6, 6.07) is 3.02. The van der Waals surface area contributed by atoms with Gasteiger partial charge in [0.25, 0.3) is 5.91 Å². The maximum absolute atomic E-state index is 12.0. The van der Waals surface area contributed by atoms with Crippen LogP contribution in [0.15, 0.2) is 18.3 Å². The highest BCUT2D eigenvalue weighted by atomic mass is 16.5. The van der Waals surface area contributed by atoms with Crippen LogP contribution in [0.1, 0.15) is 44.0 Å². The van der Waals surface area contributed by atoms with Crippen LogP contribution in [0.4, 0.5) is 0 Å². The Kier molecular flexibility index (Phi) is 6.29. The van der Waals surface area contributed by atoms with E-state index in [2.05, 4.69) is 10.3 Å². The molecule has 0 aliphatic heterocycles. The number of ether oxygens (including phenoxy) is 1. The van der Waals surface area contributed by atoms with Crippen LogP contribution in [0.2, 0.25) is 0 Å². The number of rotatable bonds is 7. The van der Waals surface area contributed by atoms with Crippen molar-refractivity contribution in [2.45, 2.75) is 45.8 Å².